The Labute approximate surface area is 125 Å². The third-order valence-corrected chi connectivity index (χ3v) is 3.50. The molecule has 1 aromatic heterocycles. The van der Waals surface area contributed by atoms with Crippen molar-refractivity contribution >= 4 is 5.91 Å². The number of amides is 1. The summed E-state index contributed by atoms with van der Waals surface area (Å²) in [7, 11) is 2.00. The lowest BCUT2D eigenvalue weighted by Gasteiger charge is -2.08. The van der Waals surface area contributed by atoms with Gasteiger partial charge in [0.1, 0.15) is 5.75 Å². The van der Waals surface area contributed by atoms with Crippen LogP contribution in [0.3, 0.4) is 0 Å². The SMILES string of the molecule is Cc1ccc(CNC(=O)CCCOc2ccccc2)n1C. The molecule has 4 nitrogen and oxygen atoms in total. The number of aryl methyl sites for hydroxylation is 1. The number of nitrogens with one attached hydrogen (secondary N) is 1. The third-order valence-electron chi connectivity index (χ3n) is 3.50. The van der Waals surface area contributed by atoms with E-state index in [1.807, 2.05) is 50.4 Å². The molecule has 0 radical (unpaired) electrons. The van der Waals surface area contributed by atoms with Crippen molar-refractivity contribution in [1.29, 1.82) is 0 Å². The lowest BCUT2D eigenvalue weighted by Crippen LogP contribution is -2.24. The van der Waals surface area contributed by atoms with Gasteiger partial charge >= 0.3 is 0 Å². The van der Waals surface area contributed by atoms with Crippen LogP contribution in [0, 0.1) is 6.92 Å². The van der Waals surface area contributed by atoms with Gasteiger partial charge in [0.2, 0.25) is 5.91 Å². The first kappa shape index (κ1) is 15.2. The Morgan fingerprint density at radius 2 is 1.95 bits per heavy atom. The molecule has 2 rings (SSSR count). The zero-order valence-corrected chi connectivity index (χ0v) is 12.6. The average Bonchev–Trinajstić information content (AvgIpc) is 2.82. The molecule has 1 heterocycles. The van der Waals surface area contributed by atoms with E-state index < -0.39 is 0 Å². The summed E-state index contributed by atoms with van der Waals surface area (Å²) in [5, 5.41) is 2.94. The zero-order valence-electron chi connectivity index (χ0n) is 12.6. The molecule has 0 atom stereocenters. The minimum atomic E-state index is 0.0607. The van der Waals surface area contributed by atoms with Gasteiger partial charge in [0.05, 0.1) is 13.2 Å². The van der Waals surface area contributed by atoms with Crippen LogP contribution in [0.5, 0.6) is 5.75 Å². The molecule has 0 aliphatic carbocycles. The fraction of sp³-hybridized carbons (Fsp3) is 0.353. The number of ether oxygens (including phenoxy) is 1. The van der Waals surface area contributed by atoms with Crippen LogP contribution in [0.2, 0.25) is 0 Å². The average molecular weight is 286 g/mol. The van der Waals surface area contributed by atoms with Crippen LogP contribution in [0.1, 0.15) is 24.2 Å². The first-order chi connectivity index (χ1) is 10.2. The van der Waals surface area contributed by atoms with Crippen molar-refractivity contribution in [2.75, 3.05) is 6.61 Å². The van der Waals surface area contributed by atoms with Crippen molar-refractivity contribution in [1.82, 2.24) is 9.88 Å². The molecule has 0 aliphatic heterocycles. The summed E-state index contributed by atoms with van der Waals surface area (Å²) in [5.41, 5.74) is 2.30. The van der Waals surface area contributed by atoms with Gasteiger partial charge in [-0.2, -0.15) is 0 Å². The molecule has 2 aromatic rings. The van der Waals surface area contributed by atoms with Crippen LogP contribution in [-0.4, -0.2) is 17.1 Å². The molecule has 0 fully saturated rings. The molecular formula is C17H22N2O2. The first-order valence-electron chi connectivity index (χ1n) is 7.22. The zero-order chi connectivity index (χ0) is 15.1. The Morgan fingerprint density at radius 1 is 1.19 bits per heavy atom. The number of aromatic nitrogens is 1. The summed E-state index contributed by atoms with van der Waals surface area (Å²) >= 11 is 0. The summed E-state index contributed by atoms with van der Waals surface area (Å²) in [5.74, 6) is 0.905. The van der Waals surface area contributed by atoms with Crippen LogP contribution >= 0.6 is 0 Å². The van der Waals surface area contributed by atoms with E-state index in [1.54, 1.807) is 0 Å². The minimum Gasteiger partial charge on any atom is -0.494 e. The van der Waals surface area contributed by atoms with Gasteiger partial charge in [-0.15, -0.1) is 0 Å². The smallest absolute Gasteiger partial charge is 0.220 e. The molecule has 0 spiro atoms. The van der Waals surface area contributed by atoms with Gasteiger partial charge in [0.15, 0.2) is 0 Å². The van der Waals surface area contributed by atoms with Crippen LogP contribution in [-0.2, 0) is 18.4 Å². The molecule has 4 heteroatoms. The van der Waals surface area contributed by atoms with Gasteiger partial charge in [0, 0.05) is 24.9 Å². The second-order valence-corrected chi connectivity index (χ2v) is 5.07. The van der Waals surface area contributed by atoms with Gasteiger partial charge in [-0.25, -0.2) is 0 Å². The third kappa shape index (κ3) is 4.67. The van der Waals surface area contributed by atoms with Gasteiger partial charge in [-0.3, -0.25) is 4.79 Å². The van der Waals surface area contributed by atoms with E-state index >= 15 is 0 Å². The molecule has 0 saturated heterocycles. The highest BCUT2D eigenvalue weighted by molar-refractivity contribution is 5.75. The summed E-state index contributed by atoms with van der Waals surface area (Å²) in [6.45, 7) is 3.18. The number of hydrogen-bond donors (Lipinski definition) is 1. The Balaban J connectivity index is 1.63. The summed E-state index contributed by atoms with van der Waals surface area (Å²) < 4.78 is 7.64. The van der Waals surface area contributed by atoms with E-state index in [2.05, 4.69) is 16.0 Å². The van der Waals surface area contributed by atoms with E-state index in [0.717, 1.165) is 11.4 Å². The molecule has 0 bridgehead atoms. The second kappa shape index (κ2) is 7.53. The Kier molecular flexibility index (Phi) is 5.43. The molecule has 0 saturated carbocycles. The van der Waals surface area contributed by atoms with Crippen LogP contribution in [0.4, 0.5) is 0 Å². The van der Waals surface area contributed by atoms with Crippen molar-refractivity contribution in [3.63, 3.8) is 0 Å². The minimum absolute atomic E-state index is 0.0607. The van der Waals surface area contributed by atoms with Crippen LogP contribution in [0.25, 0.3) is 0 Å². The fourth-order valence-electron chi connectivity index (χ4n) is 2.06. The number of benzene rings is 1. The first-order valence-corrected chi connectivity index (χ1v) is 7.22. The maximum absolute atomic E-state index is 11.8. The van der Waals surface area contributed by atoms with E-state index in [-0.39, 0.29) is 5.91 Å². The molecule has 21 heavy (non-hydrogen) atoms. The number of carbonyl (C=O) groups excluding carboxylic acids is 1. The van der Waals surface area contributed by atoms with Crippen LogP contribution < -0.4 is 10.1 Å². The normalized spacial score (nSPS) is 10.4. The van der Waals surface area contributed by atoms with Crippen molar-refractivity contribution in [3.8, 4) is 5.75 Å². The van der Waals surface area contributed by atoms with Crippen LogP contribution in [0.15, 0.2) is 42.5 Å². The van der Waals surface area contributed by atoms with Gasteiger partial charge in [-0.05, 0) is 37.6 Å². The van der Waals surface area contributed by atoms with Gasteiger partial charge in [0.25, 0.3) is 0 Å². The summed E-state index contributed by atoms with van der Waals surface area (Å²) in [6.07, 6.45) is 1.20. The van der Waals surface area contributed by atoms with Gasteiger partial charge < -0.3 is 14.6 Å². The largest absolute Gasteiger partial charge is 0.494 e. The van der Waals surface area contributed by atoms with Crippen molar-refractivity contribution < 1.29 is 9.53 Å². The summed E-state index contributed by atoms with van der Waals surface area (Å²) in [4.78, 5) is 11.8. The van der Waals surface area contributed by atoms with E-state index in [1.165, 1.54) is 5.69 Å². The van der Waals surface area contributed by atoms with Gasteiger partial charge in [-0.1, -0.05) is 18.2 Å². The molecule has 112 valence electrons. The molecule has 1 aromatic carbocycles. The quantitative estimate of drug-likeness (QED) is 0.795. The van der Waals surface area contributed by atoms with Crippen molar-refractivity contribution in [2.45, 2.75) is 26.3 Å². The number of rotatable bonds is 7. The highest BCUT2D eigenvalue weighted by Gasteiger charge is 2.04. The van der Waals surface area contributed by atoms with E-state index in [0.29, 0.717) is 26.0 Å². The van der Waals surface area contributed by atoms with Crippen molar-refractivity contribution in [3.05, 3.63) is 53.9 Å². The Morgan fingerprint density at radius 3 is 2.62 bits per heavy atom. The molecule has 1 amide bonds. The van der Waals surface area contributed by atoms with E-state index in [9.17, 15) is 4.79 Å². The maximum atomic E-state index is 11.8. The second-order valence-electron chi connectivity index (χ2n) is 5.07. The molecule has 0 unspecified atom stereocenters. The number of carbonyl (C=O) groups is 1. The standard InChI is InChI=1S/C17H22N2O2/c1-14-10-11-15(19(14)2)13-18-17(20)9-6-12-21-16-7-4-3-5-8-16/h3-5,7-8,10-11H,6,9,12-13H2,1-2H3,(H,18,20). The highest BCUT2D eigenvalue weighted by atomic mass is 16.5. The molecule has 1 N–H and O–H groups in total. The predicted octanol–water partition coefficient (Wildman–Crippen LogP) is 2.81. The molecule has 0 aliphatic rings. The predicted molar refractivity (Wildman–Crippen MR) is 83.2 cm³/mol. The fourth-order valence-corrected chi connectivity index (χ4v) is 2.06. The Bertz CT molecular complexity index is 576. The van der Waals surface area contributed by atoms with E-state index in [4.69, 9.17) is 4.74 Å². The number of nitrogens with zero attached hydrogens (tertiary/aromatic N) is 1. The topological polar surface area (TPSA) is 43.3 Å². The lowest BCUT2D eigenvalue weighted by molar-refractivity contribution is -0.121. The number of para-hydroxylation sites is 1. The Hall–Kier alpha value is -2.23. The summed E-state index contributed by atoms with van der Waals surface area (Å²) in [6, 6.07) is 13.7. The number of hydrogen-bond acceptors (Lipinski definition) is 2. The van der Waals surface area contributed by atoms with Crippen molar-refractivity contribution in [2.24, 2.45) is 7.05 Å². The molecular weight excluding hydrogens is 264 g/mol. The highest BCUT2D eigenvalue weighted by Crippen LogP contribution is 2.09. The monoisotopic (exact) mass is 286 g/mol. The lowest BCUT2D eigenvalue weighted by atomic mass is 10.3. The maximum Gasteiger partial charge on any atom is 0.220 e.